The van der Waals surface area contributed by atoms with E-state index in [-0.39, 0.29) is 12.5 Å². The van der Waals surface area contributed by atoms with Crippen molar-refractivity contribution < 1.29 is 19.1 Å². The Hall–Kier alpha value is -2.90. The molecule has 0 aromatic heterocycles. The smallest absolute Gasteiger partial charge is 0.320 e. The monoisotopic (exact) mass is 397 g/mol. The number of amides is 3. The third kappa shape index (κ3) is 4.75. The van der Waals surface area contributed by atoms with Crippen molar-refractivity contribution in [1.82, 2.24) is 5.32 Å². The zero-order valence-corrected chi connectivity index (χ0v) is 17.0. The van der Waals surface area contributed by atoms with E-state index in [0.717, 1.165) is 16.8 Å². The van der Waals surface area contributed by atoms with Gasteiger partial charge in [-0.1, -0.05) is 36.4 Å². The van der Waals surface area contributed by atoms with Crippen LogP contribution in [0.3, 0.4) is 0 Å². The molecule has 1 atom stereocenters. The van der Waals surface area contributed by atoms with E-state index in [9.17, 15) is 9.59 Å². The van der Waals surface area contributed by atoms with Crippen molar-refractivity contribution in [3.63, 3.8) is 0 Å². The van der Waals surface area contributed by atoms with Crippen molar-refractivity contribution in [1.29, 1.82) is 0 Å². The fourth-order valence-corrected chi connectivity index (χ4v) is 3.39. The number of urea groups is 1. The van der Waals surface area contributed by atoms with Gasteiger partial charge in [-0.05, 0) is 38.5 Å². The summed E-state index contributed by atoms with van der Waals surface area (Å²) in [4.78, 5) is 27.3. The average molecular weight is 397 g/mol. The molecule has 1 aliphatic heterocycles. The lowest BCUT2D eigenvalue weighted by Gasteiger charge is -2.24. The molecule has 0 spiro atoms. The minimum Gasteiger partial charge on any atom is -0.351 e. The molecule has 0 aliphatic carbocycles. The second-order valence-electron chi connectivity index (χ2n) is 6.69. The predicted molar refractivity (Wildman–Crippen MR) is 112 cm³/mol. The van der Waals surface area contributed by atoms with Crippen molar-refractivity contribution in [3.8, 4) is 0 Å². The summed E-state index contributed by atoms with van der Waals surface area (Å²) < 4.78 is 11.2. The number of carbonyl (C=O) groups excluding carboxylic acids is 2. The van der Waals surface area contributed by atoms with E-state index < -0.39 is 18.4 Å². The van der Waals surface area contributed by atoms with Crippen LogP contribution in [0.25, 0.3) is 0 Å². The molecule has 154 valence electrons. The first-order valence-corrected chi connectivity index (χ1v) is 9.81. The maximum Gasteiger partial charge on any atom is 0.320 e. The molecule has 0 saturated carbocycles. The van der Waals surface area contributed by atoms with Gasteiger partial charge in [0, 0.05) is 30.2 Å². The number of ether oxygens (including phenoxy) is 2. The van der Waals surface area contributed by atoms with Crippen molar-refractivity contribution in [2.45, 2.75) is 33.1 Å². The van der Waals surface area contributed by atoms with Crippen molar-refractivity contribution in [2.24, 2.45) is 0 Å². The largest absolute Gasteiger partial charge is 0.351 e. The number of nitrogens with one attached hydrogen (secondary N) is 2. The Bertz CT molecular complexity index is 865. The van der Waals surface area contributed by atoms with Crippen molar-refractivity contribution in [2.75, 3.05) is 30.0 Å². The zero-order chi connectivity index (χ0) is 20.8. The van der Waals surface area contributed by atoms with Gasteiger partial charge in [0.1, 0.15) is 6.04 Å². The Balaban J connectivity index is 1.77. The van der Waals surface area contributed by atoms with Gasteiger partial charge in [-0.25, -0.2) is 4.79 Å². The van der Waals surface area contributed by atoms with Gasteiger partial charge in [0.2, 0.25) is 0 Å². The molecule has 1 aliphatic rings. The van der Waals surface area contributed by atoms with Crippen LogP contribution in [0, 0.1) is 6.92 Å². The van der Waals surface area contributed by atoms with Crippen molar-refractivity contribution in [3.05, 3.63) is 59.7 Å². The first kappa shape index (κ1) is 20.8. The molecule has 7 heteroatoms. The quantitative estimate of drug-likeness (QED) is 0.667. The van der Waals surface area contributed by atoms with Crippen LogP contribution in [0.2, 0.25) is 0 Å². The molecule has 0 bridgehead atoms. The molecule has 29 heavy (non-hydrogen) atoms. The third-order valence-electron chi connectivity index (χ3n) is 4.76. The van der Waals surface area contributed by atoms with Crippen LogP contribution in [0.15, 0.2) is 48.5 Å². The lowest BCUT2D eigenvalue weighted by atomic mass is 10.1. The van der Waals surface area contributed by atoms with E-state index in [1.807, 2.05) is 69.3 Å². The summed E-state index contributed by atoms with van der Waals surface area (Å²) in [5.41, 5.74) is 3.15. The highest BCUT2D eigenvalue weighted by molar-refractivity contribution is 6.07. The Morgan fingerprint density at radius 1 is 1.07 bits per heavy atom. The normalized spacial score (nSPS) is 15.5. The number of rotatable bonds is 8. The fraction of sp³-hybridized carbons (Fsp3) is 0.364. The SMILES string of the molecule is CCOC(CN1C(=O)[C@@H](NC(=O)Nc2ccccc2C)c2ccccc21)OCC. The molecule has 0 saturated heterocycles. The molecule has 2 aromatic rings. The number of aryl methyl sites for hydroxylation is 1. The van der Waals surface area contributed by atoms with Crippen LogP contribution in [0.4, 0.5) is 16.2 Å². The predicted octanol–water partition coefficient (Wildman–Crippen LogP) is 3.60. The van der Waals surface area contributed by atoms with Gasteiger partial charge in [0.05, 0.1) is 6.54 Å². The highest BCUT2D eigenvalue weighted by Crippen LogP contribution is 2.36. The summed E-state index contributed by atoms with van der Waals surface area (Å²) in [6.07, 6.45) is -0.526. The average Bonchev–Trinajstić information content (AvgIpc) is 2.96. The van der Waals surface area contributed by atoms with Crippen LogP contribution < -0.4 is 15.5 Å². The third-order valence-corrected chi connectivity index (χ3v) is 4.76. The van der Waals surface area contributed by atoms with E-state index in [1.165, 1.54) is 0 Å². The van der Waals surface area contributed by atoms with Gasteiger partial charge in [-0.2, -0.15) is 0 Å². The first-order valence-electron chi connectivity index (χ1n) is 9.81. The molecule has 0 fully saturated rings. The lowest BCUT2D eigenvalue weighted by Crippen LogP contribution is -2.43. The maximum absolute atomic E-state index is 13.1. The van der Waals surface area contributed by atoms with Gasteiger partial charge in [-0.3, -0.25) is 4.79 Å². The highest BCUT2D eigenvalue weighted by atomic mass is 16.7. The van der Waals surface area contributed by atoms with Crippen LogP contribution >= 0.6 is 0 Å². The number of carbonyl (C=O) groups is 2. The minimum atomic E-state index is -0.765. The van der Waals surface area contributed by atoms with Gasteiger partial charge >= 0.3 is 6.03 Å². The van der Waals surface area contributed by atoms with Crippen LogP contribution in [-0.4, -0.2) is 38.0 Å². The van der Waals surface area contributed by atoms with Crippen molar-refractivity contribution >= 4 is 23.3 Å². The second-order valence-corrected chi connectivity index (χ2v) is 6.69. The first-order chi connectivity index (χ1) is 14.0. The Morgan fingerprint density at radius 3 is 2.41 bits per heavy atom. The molecular weight excluding hydrogens is 370 g/mol. The Kier molecular flexibility index (Phi) is 6.85. The minimum absolute atomic E-state index is 0.212. The van der Waals surface area contributed by atoms with Gasteiger partial charge < -0.3 is 25.0 Å². The zero-order valence-electron chi connectivity index (χ0n) is 17.0. The van der Waals surface area contributed by atoms with Crippen LogP contribution in [-0.2, 0) is 14.3 Å². The van der Waals surface area contributed by atoms with E-state index in [0.29, 0.717) is 18.9 Å². The number of hydrogen-bond donors (Lipinski definition) is 2. The Morgan fingerprint density at radius 2 is 1.72 bits per heavy atom. The molecule has 7 nitrogen and oxygen atoms in total. The molecular formula is C22H27N3O4. The van der Waals surface area contributed by atoms with E-state index in [2.05, 4.69) is 10.6 Å². The number of nitrogens with zero attached hydrogens (tertiary/aromatic N) is 1. The van der Waals surface area contributed by atoms with E-state index >= 15 is 0 Å². The fourth-order valence-electron chi connectivity index (χ4n) is 3.39. The highest BCUT2D eigenvalue weighted by Gasteiger charge is 2.39. The number of para-hydroxylation sites is 2. The summed E-state index contributed by atoms with van der Waals surface area (Å²) in [7, 11) is 0. The van der Waals surface area contributed by atoms with Gasteiger partial charge in [0.25, 0.3) is 5.91 Å². The van der Waals surface area contributed by atoms with Crippen LogP contribution in [0.1, 0.15) is 31.0 Å². The standard InChI is InChI=1S/C22H27N3O4/c1-4-28-19(29-5-2)14-25-18-13-9-7-11-16(18)20(21(25)26)24-22(27)23-17-12-8-6-10-15(17)3/h6-13,19-20H,4-5,14H2,1-3H3,(H2,23,24,27)/t20-/m0/s1. The Labute approximate surface area is 171 Å². The summed E-state index contributed by atoms with van der Waals surface area (Å²) in [6, 6.07) is 13.7. The lowest BCUT2D eigenvalue weighted by molar-refractivity contribution is -0.135. The number of hydrogen-bond acceptors (Lipinski definition) is 4. The van der Waals surface area contributed by atoms with Gasteiger partial charge in [-0.15, -0.1) is 0 Å². The maximum atomic E-state index is 13.1. The molecule has 1 heterocycles. The van der Waals surface area contributed by atoms with Gasteiger partial charge in [0.15, 0.2) is 6.29 Å². The molecule has 3 rings (SSSR count). The van der Waals surface area contributed by atoms with E-state index in [1.54, 1.807) is 4.90 Å². The summed E-state index contributed by atoms with van der Waals surface area (Å²) in [5, 5.41) is 5.62. The molecule has 2 N–H and O–H groups in total. The molecule has 2 aromatic carbocycles. The molecule has 0 unspecified atom stereocenters. The number of fused-ring (bicyclic) bond motifs is 1. The second kappa shape index (κ2) is 9.54. The van der Waals surface area contributed by atoms with E-state index in [4.69, 9.17) is 9.47 Å². The summed E-state index contributed by atoms with van der Waals surface area (Å²) >= 11 is 0. The number of benzene rings is 2. The topological polar surface area (TPSA) is 79.9 Å². The summed E-state index contributed by atoms with van der Waals surface area (Å²) in [6.45, 7) is 6.89. The summed E-state index contributed by atoms with van der Waals surface area (Å²) in [5.74, 6) is -0.212. The van der Waals surface area contributed by atoms with Crippen LogP contribution in [0.5, 0.6) is 0 Å². The number of anilines is 2. The molecule has 0 radical (unpaired) electrons. The molecule has 3 amide bonds.